The second kappa shape index (κ2) is 10.2. The number of hydrogen-bond acceptors (Lipinski definition) is 4. The minimum absolute atomic E-state index is 0. The SMILES string of the molecule is CC(C)(C)OC(=O)NC[C@@H](CC(=O)[O-])c1ccc(Cl)cc1.[Cs+]. The monoisotopic (exact) mass is 445 g/mol. The smallest absolute Gasteiger partial charge is 0.550 e. The van der Waals surface area contributed by atoms with Crippen LogP contribution in [0.4, 0.5) is 4.79 Å². The summed E-state index contributed by atoms with van der Waals surface area (Å²) in [5.74, 6) is -1.58. The van der Waals surface area contributed by atoms with Crippen LogP contribution in [0, 0.1) is 0 Å². The first-order chi connectivity index (χ1) is 9.67. The molecule has 0 aliphatic carbocycles. The standard InChI is InChI=1S/C15H20ClNO4.Cs/c1-15(2,3)21-14(20)17-9-11(8-13(18)19)10-4-6-12(16)7-5-10;/h4-7,11H,8-9H2,1-3H3,(H,17,20)(H,18,19);/q;+1/p-1/t11-;/m1./s1. The van der Waals surface area contributed by atoms with Crippen molar-refractivity contribution >= 4 is 23.7 Å². The molecule has 0 fully saturated rings. The fourth-order valence-corrected chi connectivity index (χ4v) is 1.89. The number of aliphatic carboxylic acids is 1. The summed E-state index contributed by atoms with van der Waals surface area (Å²) in [5.41, 5.74) is 0.161. The number of hydrogen-bond donors (Lipinski definition) is 1. The third-order valence-corrected chi connectivity index (χ3v) is 2.90. The van der Waals surface area contributed by atoms with Gasteiger partial charge in [-0.3, -0.25) is 0 Å². The molecule has 0 spiro atoms. The Morgan fingerprint density at radius 3 is 2.27 bits per heavy atom. The maximum absolute atomic E-state index is 11.6. The number of carboxylic acid groups (broad SMARTS) is 1. The molecule has 0 aromatic heterocycles. The molecule has 116 valence electrons. The third-order valence-electron chi connectivity index (χ3n) is 2.65. The quantitative estimate of drug-likeness (QED) is 0.637. The van der Waals surface area contributed by atoms with Crippen LogP contribution >= 0.6 is 11.6 Å². The first-order valence-electron chi connectivity index (χ1n) is 6.59. The number of ether oxygens (including phenoxy) is 1. The van der Waals surface area contributed by atoms with E-state index in [2.05, 4.69) is 5.32 Å². The van der Waals surface area contributed by atoms with Gasteiger partial charge in [0.05, 0.1) is 0 Å². The normalized spacial score (nSPS) is 12.0. The van der Waals surface area contributed by atoms with Crippen molar-refractivity contribution in [1.29, 1.82) is 0 Å². The van der Waals surface area contributed by atoms with E-state index in [1.54, 1.807) is 45.0 Å². The van der Waals surface area contributed by atoms with Crippen molar-refractivity contribution in [3.05, 3.63) is 34.9 Å². The van der Waals surface area contributed by atoms with E-state index in [0.717, 1.165) is 5.56 Å². The molecule has 0 unspecified atom stereocenters. The topological polar surface area (TPSA) is 78.5 Å². The fraction of sp³-hybridized carbons (Fsp3) is 0.467. The van der Waals surface area contributed by atoms with Crippen LogP contribution in [0.5, 0.6) is 0 Å². The van der Waals surface area contributed by atoms with Gasteiger partial charge in [-0.1, -0.05) is 23.7 Å². The van der Waals surface area contributed by atoms with E-state index in [4.69, 9.17) is 16.3 Å². The van der Waals surface area contributed by atoms with Crippen molar-refractivity contribution in [2.45, 2.75) is 38.7 Å². The second-order valence-corrected chi connectivity index (χ2v) is 6.14. The van der Waals surface area contributed by atoms with Crippen molar-refractivity contribution in [3.63, 3.8) is 0 Å². The zero-order valence-corrected chi connectivity index (χ0v) is 20.3. The molecule has 0 heterocycles. The molecule has 1 amide bonds. The molecule has 0 saturated heterocycles. The van der Waals surface area contributed by atoms with Gasteiger partial charge in [0, 0.05) is 23.5 Å². The van der Waals surface area contributed by atoms with Gasteiger partial charge in [0.1, 0.15) is 5.60 Å². The third kappa shape index (κ3) is 9.44. The molecule has 1 atom stereocenters. The molecule has 7 heteroatoms. The van der Waals surface area contributed by atoms with Gasteiger partial charge in [-0.25, -0.2) is 4.79 Å². The summed E-state index contributed by atoms with van der Waals surface area (Å²) < 4.78 is 5.11. The molecule has 0 bridgehead atoms. The van der Waals surface area contributed by atoms with Gasteiger partial charge in [0.2, 0.25) is 0 Å². The Morgan fingerprint density at radius 2 is 1.82 bits per heavy atom. The van der Waals surface area contributed by atoms with Gasteiger partial charge in [0.15, 0.2) is 0 Å². The van der Waals surface area contributed by atoms with Crippen molar-refractivity contribution < 1.29 is 88.3 Å². The van der Waals surface area contributed by atoms with Crippen molar-refractivity contribution in [2.24, 2.45) is 0 Å². The number of benzene rings is 1. The molecule has 0 aliphatic heterocycles. The number of carboxylic acids is 1. The Labute approximate surface area is 194 Å². The zero-order valence-electron chi connectivity index (χ0n) is 13.3. The molecule has 0 radical (unpaired) electrons. The fourth-order valence-electron chi connectivity index (χ4n) is 1.76. The van der Waals surface area contributed by atoms with E-state index in [1.165, 1.54) is 0 Å². The largest absolute Gasteiger partial charge is 1.00 e. The first kappa shape index (κ1) is 22.3. The molecule has 0 saturated carbocycles. The minimum atomic E-state index is -1.18. The molecule has 1 N–H and O–H groups in total. The van der Waals surface area contributed by atoms with Crippen LogP contribution in [0.25, 0.3) is 0 Å². The molecule has 1 aromatic carbocycles. The van der Waals surface area contributed by atoms with Gasteiger partial charge in [-0.05, 0) is 44.9 Å². The molecule has 1 aromatic rings. The average Bonchev–Trinajstić information content (AvgIpc) is 2.33. The minimum Gasteiger partial charge on any atom is -0.550 e. The van der Waals surface area contributed by atoms with Gasteiger partial charge < -0.3 is 20.0 Å². The van der Waals surface area contributed by atoms with Crippen LogP contribution < -0.4 is 79.3 Å². The second-order valence-electron chi connectivity index (χ2n) is 5.71. The van der Waals surface area contributed by atoms with Crippen molar-refractivity contribution in [2.75, 3.05) is 6.54 Å². The Hall–Kier alpha value is 0.302. The first-order valence-corrected chi connectivity index (χ1v) is 6.97. The van der Waals surface area contributed by atoms with E-state index in [1.807, 2.05) is 0 Å². The number of carbonyl (C=O) groups is 2. The molecule has 5 nitrogen and oxygen atoms in total. The van der Waals surface area contributed by atoms with E-state index in [9.17, 15) is 14.7 Å². The summed E-state index contributed by atoms with van der Waals surface area (Å²) in [6.07, 6.45) is -0.781. The van der Waals surface area contributed by atoms with Crippen molar-refractivity contribution in [1.82, 2.24) is 5.32 Å². The van der Waals surface area contributed by atoms with E-state index < -0.39 is 23.6 Å². The number of nitrogens with one attached hydrogen (secondary N) is 1. The molecule has 22 heavy (non-hydrogen) atoms. The maximum Gasteiger partial charge on any atom is 1.00 e. The molecular formula is C15H19ClCsNO4. The number of halogens is 1. The average molecular weight is 446 g/mol. The molecular weight excluding hydrogens is 427 g/mol. The van der Waals surface area contributed by atoms with Gasteiger partial charge in [0.25, 0.3) is 0 Å². The summed E-state index contributed by atoms with van der Waals surface area (Å²) >= 11 is 5.80. The van der Waals surface area contributed by atoms with Gasteiger partial charge in [-0.2, -0.15) is 0 Å². The summed E-state index contributed by atoms with van der Waals surface area (Å²) in [6, 6.07) is 6.80. The van der Waals surface area contributed by atoms with E-state index >= 15 is 0 Å². The predicted molar refractivity (Wildman–Crippen MR) is 78.1 cm³/mol. The Balaban J connectivity index is 0.00000441. The Bertz CT molecular complexity index is 499. The molecule has 0 aliphatic rings. The number of carbonyl (C=O) groups excluding carboxylic acids is 2. The number of amides is 1. The van der Waals surface area contributed by atoms with Crippen LogP contribution in [0.3, 0.4) is 0 Å². The Kier molecular flexibility index (Phi) is 10.4. The number of alkyl carbamates (subject to hydrolysis) is 1. The van der Waals surface area contributed by atoms with E-state index in [-0.39, 0.29) is 81.9 Å². The summed E-state index contributed by atoms with van der Waals surface area (Å²) in [4.78, 5) is 22.5. The van der Waals surface area contributed by atoms with Crippen LogP contribution in [0.15, 0.2) is 24.3 Å². The Morgan fingerprint density at radius 1 is 1.27 bits per heavy atom. The summed E-state index contributed by atoms with van der Waals surface area (Å²) in [6.45, 7) is 5.41. The van der Waals surface area contributed by atoms with E-state index in [0.29, 0.717) is 5.02 Å². The predicted octanol–water partition coefficient (Wildman–Crippen LogP) is -0.908. The van der Waals surface area contributed by atoms with Gasteiger partial charge in [-0.15, -0.1) is 0 Å². The van der Waals surface area contributed by atoms with Crippen LogP contribution in [-0.2, 0) is 9.53 Å². The maximum atomic E-state index is 11.6. The zero-order chi connectivity index (χ0) is 16.0. The van der Waals surface area contributed by atoms with Crippen LogP contribution in [0.1, 0.15) is 38.7 Å². The summed E-state index contributed by atoms with van der Waals surface area (Å²) in [5, 5.41) is 14.0. The van der Waals surface area contributed by atoms with Gasteiger partial charge >= 0.3 is 75.0 Å². The van der Waals surface area contributed by atoms with Crippen LogP contribution in [-0.4, -0.2) is 24.2 Å². The molecule has 1 rings (SSSR count). The van der Waals surface area contributed by atoms with Crippen molar-refractivity contribution in [3.8, 4) is 0 Å². The number of rotatable bonds is 5. The van der Waals surface area contributed by atoms with Crippen LogP contribution in [0.2, 0.25) is 5.02 Å². The summed E-state index contributed by atoms with van der Waals surface area (Å²) in [7, 11) is 0.